The van der Waals surface area contributed by atoms with Crippen molar-refractivity contribution >= 4 is 33.4 Å². The Bertz CT molecular complexity index is 1180. The zero-order chi connectivity index (χ0) is 21.5. The summed E-state index contributed by atoms with van der Waals surface area (Å²) in [4.78, 5) is 31.4. The van der Waals surface area contributed by atoms with Gasteiger partial charge in [-0.25, -0.2) is 4.90 Å². The maximum atomic E-state index is 13.1. The largest absolute Gasteiger partial charge is 0.497 e. The monoisotopic (exact) mass is 482 g/mol. The van der Waals surface area contributed by atoms with E-state index >= 15 is 0 Å². The first-order chi connectivity index (χ1) is 15.0. The molecule has 2 aromatic carbocycles. The van der Waals surface area contributed by atoms with E-state index in [9.17, 15) is 9.59 Å². The van der Waals surface area contributed by atoms with Gasteiger partial charge in [0.15, 0.2) is 12.1 Å². The molecular formula is C20H15BrN6O4. The molecular weight excluding hydrogens is 468 g/mol. The number of aromatic nitrogens is 2. The van der Waals surface area contributed by atoms with E-state index in [2.05, 4.69) is 36.4 Å². The second kappa shape index (κ2) is 7.58. The minimum absolute atomic E-state index is 0.0592. The first kappa shape index (κ1) is 19.4. The van der Waals surface area contributed by atoms with E-state index in [1.54, 1.807) is 31.4 Å². The van der Waals surface area contributed by atoms with E-state index < -0.39 is 23.9 Å². The lowest BCUT2D eigenvalue weighted by Crippen LogP contribution is -2.39. The van der Waals surface area contributed by atoms with Crippen molar-refractivity contribution in [3.63, 3.8) is 0 Å². The molecule has 156 valence electrons. The van der Waals surface area contributed by atoms with E-state index in [4.69, 9.17) is 9.26 Å². The molecule has 5 rings (SSSR count). The van der Waals surface area contributed by atoms with Gasteiger partial charge in [-0.2, -0.15) is 10.1 Å². The molecule has 1 saturated heterocycles. The SMILES string of the molecule is COc1ccc(N2C(=O)[C@@H]3N=NN(Cc4nc(-c5ccc(Br)cc5)no4)[C@H]3C2=O)cc1. The lowest BCUT2D eigenvalue weighted by Gasteiger charge is -2.19. The number of amides is 2. The average molecular weight is 483 g/mol. The summed E-state index contributed by atoms with van der Waals surface area (Å²) in [5.41, 5.74) is 1.24. The fraction of sp³-hybridized carbons (Fsp3) is 0.200. The molecule has 0 N–H and O–H groups in total. The number of carbonyl (C=O) groups excluding carboxylic acids is 2. The third kappa shape index (κ3) is 3.36. The lowest BCUT2D eigenvalue weighted by atomic mass is 10.1. The fourth-order valence-electron chi connectivity index (χ4n) is 3.51. The molecule has 2 atom stereocenters. The van der Waals surface area contributed by atoms with Gasteiger partial charge in [0.25, 0.3) is 11.8 Å². The zero-order valence-electron chi connectivity index (χ0n) is 16.2. The van der Waals surface area contributed by atoms with E-state index in [-0.39, 0.29) is 12.4 Å². The van der Waals surface area contributed by atoms with Gasteiger partial charge >= 0.3 is 0 Å². The van der Waals surface area contributed by atoms with Crippen molar-refractivity contribution in [2.24, 2.45) is 10.3 Å². The molecule has 2 amide bonds. The number of methoxy groups -OCH3 is 1. The van der Waals surface area contributed by atoms with Crippen molar-refractivity contribution in [1.82, 2.24) is 15.1 Å². The van der Waals surface area contributed by atoms with E-state index in [0.29, 0.717) is 17.3 Å². The Hall–Kier alpha value is -3.60. The summed E-state index contributed by atoms with van der Waals surface area (Å²) in [6.07, 6.45) is 0. The number of imide groups is 1. The third-order valence-corrected chi connectivity index (χ3v) is 5.58. The Morgan fingerprint density at radius 1 is 1.06 bits per heavy atom. The highest BCUT2D eigenvalue weighted by Gasteiger charge is 2.55. The highest BCUT2D eigenvalue weighted by Crippen LogP contribution is 2.33. The van der Waals surface area contributed by atoms with Crippen LogP contribution in [0.3, 0.4) is 0 Å². The molecule has 3 aromatic rings. The number of hydrogen-bond acceptors (Lipinski definition) is 9. The van der Waals surface area contributed by atoms with Crippen LogP contribution in [0.25, 0.3) is 11.4 Å². The van der Waals surface area contributed by atoms with Gasteiger partial charge in [0.1, 0.15) is 12.3 Å². The maximum absolute atomic E-state index is 13.1. The van der Waals surface area contributed by atoms with Crippen molar-refractivity contribution in [1.29, 1.82) is 0 Å². The lowest BCUT2D eigenvalue weighted by molar-refractivity contribution is -0.123. The molecule has 2 aliphatic heterocycles. The van der Waals surface area contributed by atoms with Crippen LogP contribution >= 0.6 is 15.9 Å². The van der Waals surface area contributed by atoms with Crippen LogP contribution in [-0.2, 0) is 16.1 Å². The minimum Gasteiger partial charge on any atom is -0.497 e. The Kier molecular flexibility index (Phi) is 4.74. The van der Waals surface area contributed by atoms with Crippen LogP contribution in [0.1, 0.15) is 5.89 Å². The van der Waals surface area contributed by atoms with Gasteiger partial charge < -0.3 is 9.26 Å². The second-order valence-corrected chi connectivity index (χ2v) is 7.84. The summed E-state index contributed by atoms with van der Waals surface area (Å²) >= 11 is 3.38. The summed E-state index contributed by atoms with van der Waals surface area (Å²) in [5.74, 6) is 0.483. The number of halogens is 1. The number of anilines is 1. The molecule has 0 aliphatic carbocycles. The molecule has 0 saturated carbocycles. The van der Waals surface area contributed by atoms with Crippen LogP contribution in [0.15, 0.2) is 67.9 Å². The maximum Gasteiger partial charge on any atom is 0.263 e. The number of hydrogen-bond donors (Lipinski definition) is 0. The van der Waals surface area contributed by atoms with E-state index in [1.807, 2.05) is 24.3 Å². The second-order valence-electron chi connectivity index (χ2n) is 6.92. The van der Waals surface area contributed by atoms with E-state index in [0.717, 1.165) is 14.9 Å². The van der Waals surface area contributed by atoms with Crippen molar-refractivity contribution < 1.29 is 18.8 Å². The van der Waals surface area contributed by atoms with Crippen LogP contribution in [0, 0.1) is 0 Å². The first-order valence-corrected chi connectivity index (χ1v) is 10.1. The number of ether oxygens (including phenoxy) is 1. The number of nitrogens with zero attached hydrogens (tertiary/aromatic N) is 6. The summed E-state index contributed by atoms with van der Waals surface area (Å²) in [7, 11) is 1.55. The molecule has 0 bridgehead atoms. The van der Waals surface area contributed by atoms with Crippen LogP contribution in [0.5, 0.6) is 5.75 Å². The normalized spacial score (nSPS) is 19.9. The molecule has 0 unspecified atom stereocenters. The van der Waals surface area contributed by atoms with E-state index in [1.165, 1.54) is 5.01 Å². The average Bonchev–Trinajstić information content (AvgIpc) is 3.47. The molecule has 10 nitrogen and oxygen atoms in total. The predicted octanol–water partition coefficient (Wildman–Crippen LogP) is 3.00. The fourth-order valence-corrected chi connectivity index (χ4v) is 3.78. The number of rotatable bonds is 5. The zero-order valence-corrected chi connectivity index (χ0v) is 17.8. The molecule has 1 fully saturated rings. The smallest absolute Gasteiger partial charge is 0.263 e. The quantitative estimate of drug-likeness (QED) is 0.513. The molecule has 1 aromatic heterocycles. The number of fused-ring (bicyclic) bond motifs is 1. The molecule has 0 radical (unpaired) electrons. The Morgan fingerprint density at radius 3 is 2.52 bits per heavy atom. The Morgan fingerprint density at radius 2 is 1.81 bits per heavy atom. The summed E-state index contributed by atoms with van der Waals surface area (Å²) in [5, 5.41) is 13.4. The van der Waals surface area contributed by atoms with Gasteiger partial charge in [-0.15, -0.1) is 0 Å². The van der Waals surface area contributed by atoms with Crippen LogP contribution in [0.2, 0.25) is 0 Å². The van der Waals surface area contributed by atoms with Crippen molar-refractivity contribution in [3.05, 3.63) is 58.9 Å². The standard InChI is InChI=1S/C20H15BrN6O4/c1-30-14-8-6-13(7-9-14)27-19(28)16-17(20(27)29)26(25-23-16)10-15-22-18(24-31-15)11-2-4-12(21)5-3-11/h2-9,16-17H,10H2,1H3/t16-,17-/m1/s1. The highest BCUT2D eigenvalue weighted by molar-refractivity contribution is 9.10. The van der Waals surface area contributed by atoms with Gasteiger partial charge in [-0.05, 0) is 48.5 Å². The van der Waals surface area contributed by atoms with Gasteiger partial charge in [0, 0.05) is 10.0 Å². The number of benzene rings is 2. The van der Waals surface area contributed by atoms with Gasteiger partial charge in [0.2, 0.25) is 11.7 Å². The summed E-state index contributed by atoms with van der Waals surface area (Å²) in [6.45, 7) is 0.0592. The number of carbonyl (C=O) groups is 2. The van der Waals surface area contributed by atoms with Crippen LogP contribution in [0.4, 0.5) is 5.69 Å². The Labute approximate surface area is 184 Å². The van der Waals surface area contributed by atoms with Crippen molar-refractivity contribution in [2.45, 2.75) is 18.6 Å². The topological polar surface area (TPSA) is 113 Å². The van der Waals surface area contributed by atoms with Gasteiger partial charge in [-0.1, -0.05) is 26.3 Å². The molecule has 2 aliphatic rings. The van der Waals surface area contributed by atoms with Crippen LogP contribution in [-0.4, -0.2) is 46.2 Å². The van der Waals surface area contributed by atoms with Gasteiger partial charge in [-0.3, -0.25) is 14.6 Å². The minimum atomic E-state index is -0.900. The van der Waals surface area contributed by atoms with Crippen LogP contribution < -0.4 is 9.64 Å². The molecule has 11 heteroatoms. The summed E-state index contributed by atoms with van der Waals surface area (Å²) < 4.78 is 11.4. The Balaban J connectivity index is 1.34. The third-order valence-electron chi connectivity index (χ3n) is 5.06. The highest BCUT2D eigenvalue weighted by atomic mass is 79.9. The molecule has 31 heavy (non-hydrogen) atoms. The van der Waals surface area contributed by atoms with Gasteiger partial charge in [0.05, 0.1) is 12.8 Å². The predicted molar refractivity (Wildman–Crippen MR) is 111 cm³/mol. The molecule has 0 spiro atoms. The van der Waals surface area contributed by atoms with Crippen molar-refractivity contribution in [3.8, 4) is 17.1 Å². The van der Waals surface area contributed by atoms with Crippen molar-refractivity contribution in [2.75, 3.05) is 12.0 Å². The first-order valence-electron chi connectivity index (χ1n) is 9.33. The summed E-state index contributed by atoms with van der Waals surface area (Å²) in [6, 6.07) is 12.4. The molecule has 3 heterocycles.